The molecule has 3 nitrogen and oxygen atoms in total. The summed E-state index contributed by atoms with van der Waals surface area (Å²) in [4.78, 5) is 15.2. The SMILES string of the molecule is O=c1ccnc2n1C=CC=C=C2. The van der Waals surface area contributed by atoms with Gasteiger partial charge in [-0.15, -0.1) is 5.73 Å². The molecule has 58 valence electrons. The minimum atomic E-state index is -0.0791. The molecule has 1 aromatic rings. The van der Waals surface area contributed by atoms with Crippen molar-refractivity contribution in [3.05, 3.63) is 46.3 Å². The molecule has 0 unspecified atom stereocenters. The number of aromatic nitrogens is 2. The third kappa shape index (κ3) is 1.02. The van der Waals surface area contributed by atoms with Gasteiger partial charge in [-0.1, -0.05) is 0 Å². The molecule has 12 heavy (non-hydrogen) atoms. The Morgan fingerprint density at radius 3 is 3.33 bits per heavy atom. The Morgan fingerprint density at radius 2 is 2.42 bits per heavy atom. The highest BCUT2D eigenvalue weighted by molar-refractivity contribution is 5.48. The fourth-order valence-electron chi connectivity index (χ4n) is 0.997. The minimum absolute atomic E-state index is 0.0791. The van der Waals surface area contributed by atoms with Crippen molar-refractivity contribution in [3.8, 4) is 0 Å². The van der Waals surface area contributed by atoms with E-state index in [1.807, 2.05) is 0 Å². The number of fused-ring (bicyclic) bond motifs is 1. The maximum Gasteiger partial charge on any atom is 0.257 e. The molecule has 1 aliphatic heterocycles. The first-order chi connectivity index (χ1) is 5.88. The fraction of sp³-hybridized carbons (Fsp3) is 0. The van der Waals surface area contributed by atoms with Gasteiger partial charge >= 0.3 is 0 Å². The molecule has 0 atom stereocenters. The van der Waals surface area contributed by atoms with Crippen LogP contribution in [0.2, 0.25) is 0 Å². The summed E-state index contributed by atoms with van der Waals surface area (Å²) in [7, 11) is 0. The van der Waals surface area contributed by atoms with Crippen LogP contribution in [0.5, 0.6) is 0 Å². The van der Waals surface area contributed by atoms with Crippen LogP contribution >= 0.6 is 0 Å². The standard InChI is InChI=1S/C9H6N2O/c12-9-5-6-10-8-4-2-1-3-7-11(8)9/h1,3-7H. The zero-order valence-corrected chi connectivity index (χ0v) is 6.27. The van der Waals surface area contributed by atoms with E-state index in [1.165, 1.54) is 16.8 Å². The Morgan fingerprint density at radius 1 is 1.50 bits per heavy atom. The lowest BCUT2D eigenvalue weighted by Gasteiger charge is -1.99. The summed E-state index contributed by atoms with van der Waals surface area (Å²) in [5.74, 6) is 0.604. The van der Waals surface area contributed by atoms with Crippen molar-refractivity contribution < 1.29 is 0 Å². The summed E-state index contributed by atoms with van der Waals surface area (Å²) >= 11 is 0. The topological polar surface area (TPSA) is 34.9 Å². The molecule has 0 bridgehead atoms. The van der Waals surface area contributed by atoms with Crippen LogP contribution in [0.25, 0.3) is 12.3 Å². The van der Waals surface area contributed by atoms with Crippen LogP contribution in [0.3, 0.4) is 0 Å². The van der Waals surface area contributed by atoms with E-state index in [4.69, 9.17) is 0 Å². The van der Waals surface area contributed by atoms with E-state index in [2.05, 4.69) is 10.7 Å². The quantitative estimate of drug-likeness (QED) is 0.526. The maximum atomic E-state index is 11.2. The predicted molar refractivity (Wildman–Crippen MR) is 46.4 cm³/mol. The Hall–Kier alpha value is -1.86. The van der Waals surface area contributed by atoms with Crippen LogP contribution < -0.4 is 5.56 Å². The van der Waals surface area contributed by atoms with Crippen LogP contribution in [0.15, 0.2) is 34.9 Å². The van der Waals surface area contributed by atoms with Gasteiger partial charge in [0.2, 0.25) is 0 Å². The molecule has 2 rings (SSSR count). The molecule has 0 aliphatic carbocycles. The maximum absolute atomic E-state index is 11.2. The lowest BCUT2D eigenvalue weighted by molar-refractivity contribution is 0.967. The number of rotatable bonds is 0. The van der Waals surface area contributed by atoms with Crippen molar-refractivity contribution in [3.63, 3.8) is 0 Å². The highest BCUT2D eigenvalue weighted by atomic mass is 16.1. The largest absolute Gasteiger partial charge is 0.269 e. The van der Waals surface area contributed by atoms with E-state index in [9.17, 15) is 4.79 Å². The second kappa shape index (κ2) is 2.64. The third-order valence-electron chi connectivity index (χ3n) is 1.55. The van der Waals surface area contributed by atoms with E-state index < -0.39 is 0 Å². The molecule has 3 heteroatoms. The fourth-order valence-corrected chi connectivity index (χ4v) is 0.997. The average molecular weight is 158 g/mol. The van der Waals surface area contributed by atoms with E-state index in [-0.39, 0.29) is 5.56 Å². The van der Waals surface area contributed by atoms with Gasteiger partial charge in [-0.3, -0.25) is 9.36 Å². The van der Waals surface area contributed by atoms with E-state index in [1.54, 1.807) is 24.4 Å². The smallest absolute Gasteiger partial charge is 0.257 e. The predicted octanol–water partition coefficient (Wildman–Crippen LogP) is 0.896. The zero-order valence-electron chi connectivity index (χ0n) is 6.27. The van der Waals surface area contributed by atoms with Gasteiger partial charge in [0.25, 0.3) is 5.56 Å². The normalized spacial score (nSPS) is 12.7. The zero-order chi connectivity index (χ0) is 8.39. The van der Waals surface area contributed by atoms with Gasteiger partial charge in [0, 0.05) is 24.5 Å². The molecule has 0 fully saturated rings. The van der Waals surface area contributed by atoms with Gasteiger partial charge < -0.3 is 0 Å². The van der Waals surface area contributed by atoms with E-state index in [0.717, 1.165) is 0 Å². The minimum Gasteiger partial charge on any atom is -0.269 e. The van der Waals surface area contributed by atoms with Crippen LogP contribution in [-0.2, 0) is 0 Å². The molecule has 0 aromatic carbocycles. The summed E-state index contributed by atoms with van der Waals surface area (Å²) < 4.78 is 1.47. The monoisotopic (exact) mass is 158 g/mol. The molecule has 2 heterocycles. The molecule has 0 saturated carbocycles. The Kier molecular flexibility index (Phi) is 1.50. The van der Waals surface area contributed by atoms with Crippen molar-refractivity contribution in [2.75, 3.05) is 0 Å². The second-order valence-electron chi connectivity index (χ2n) is 2.33. The molecule has 0 N–H and O–H groups in total. The first kappa shape index (κ1) is 6.83. The molecular weight excluding hydrogens is 152 g/mol. The van der Waals surface area contributed by atoms with Crippen LogP contribution in [0, 0.1) is 0 Å². The number of nitrogens with zero attached hydrogens (tertiary/aromatic N) is 2. The summed E-state index contributed by atoms with van der Waals surface area (Å²) in [6.45, 7) is 0. The van der Waals surface area contributed by atoms with Crippen LogP contribution in [0.1, 0.15) is 5.82 Å². The third-order valence-corrected chi connectivity index (χ3v) is 1.55. The number of hydrogen-bond acceptors (Lipinski definition) is 2. The van der Waals surface area contributed by atoms with Crippen molar-refractivity contribution in [1.82, 2.24) is 9.55 Å². The average Bonchev–Trinajstić information content (AvgIpc) is 2.30. The summed E-state index contributed by atoms with van der Waals surface area (Å²) in [5, 5.41) is 0. The van der Waals surface area contributed by atoms with Crippen molar-refractivity contribution >= 4 is 12.3 Å². The first-order valence-corrected chi connectivity index (χ1v) is 3.55. The van der Waals surface area contributed by atoms with Gasteiger partial charge in [0.1, 0.15) is 5.82 Å². The molecule has 0 spiro atoms. The Balaban J connectivity index is 2.80. The van der Waals surface area contributed by atoms with Crippen LogP contribution in [-0.4, -0.2) is 9.55 Å². The van der Waals surface area contributed by atoms with Gasteiger partial charge in [-0.25, -0.2) is 4.98 Å². The second-order valence-corrected chi connectivity index (χ2v) is 2.33. The molecule has 0 radical (unpaired) electrons. The van der Waals surface area contributed by atoms with E-state index in [0.29, 0.717) is 5.82 Å². The van der Waals surface area contributed by atoms with Crippen molar-refractivity contribution in [2.24, 2.45) is 0 Å². The summed E-state index contributed by atoms with van der Waals surface area (Å²) in [6, 6.07) is 1.42. The summed E-state index contributed by atoms with van der Waals surface area (Å²) in [6.07, 6.45) is 8.30. The van der Waals surface area contributed by atoms with E-state index >= 15 is 0 Å². The molecule has 0 saturated heterocycles. The van der Waals surface area contributed by atoms with Crippen LogP contribution in [0.4, 0.5) is 0 Å². The van der Waals surface area contributed by atoms with Crippen molar-refractivity contribution in [1.29, 1.82) is 0 Å². The van der Waals surface area contributed by atoms with Gasteiger partial charge in [-0.2, -0.15) is 0 Å². The number of hydrogen-bond donors (Lipinski definition) is 0. The highest BCUT2D eigenvalue weighted by Crippen LogP contribution is 1.98. The highest BCUT2D eigenvalue weighted by Gasteiger charge is 1.97. The number of allylic oxidation sites excluding steroid dienone is 2. The van der Waals surface area contributed by atoms with Gasteiger partial charge in [0.05, 0.1) is 0 Å². The molecule has 0 amide bonds. The van der Waals surface area contributed by atoms with Gasteiger partial charge in [0.15, 0.2) is 0 Å². The summed E-state index contributed by atoms with van der Waals surface area (Å²) in [5.41, 5.74) is 2.79. The molecule has 1 aromatic heterocycles. The molecular formula is C9H6N2O. The Labute approximate surface area is 69.0 Å². The Bertz CT molecular complexity index is 448. The first-order valence-electron chi connectivity index (χ1n) is 3.55. The van der Waals surface area contributed by atoms with Gasteiger partial charge in [-0.05, 0) is 12.2 Å². The lowest BCUT2D eigenvalue weighted by Crippen LogP contribution is -2.16. The lowest BCUT2D eigenvalue weighted by atomic mass is 10.5. The van der Waals surface area contributed by atoms with Crippen molar-refractivity contribution in [2.45, 2.75) is 0 Å². The molecule has 1 aliphatic rings.